The van der Waals surface area contributed by atoms with Crippen LogP contribution >= 0.6 is 11.6 Å². The van der Waals surface area contributed by atoms with Gasteiger partial charge >= 0.3 is 0 Å². The van der Waals surface area contributed by atoms with Gasteiger partial charge in [0, 0.05) is 28.2 Å². The second-order valence-electron chi connectivity index (χ2n) is 8.58. The number of hydrogen-bond donors (Lipinski definition) is 1. The molecular formula is C26H25ClN2O2S. The maximum absolute atomic E-state index is 14.0. The van der Waals surface area contributed by atoms with Crippen molar-refractivity contribution >= 4 is 32.5 Å². The highest BCUT2D eigenvalue weighted by Crippen LogP contribution is 2.41. The van der Waals surface area contributed by atoms with Gasteiger partial charge in [-0.1, -0.05) is 48.0 Å². The average molecular weight is 465 g/mol. The van der Waals surface area contributed by atoms with Gasteiger partial charge in [-0.15, -0.1) is 0 Å². The van der Waals surface area contributed by atoms with Gasteiger partial charge in [-0.05, 0) is 79.3 Å². The van der Waals surface area contributed by atoms with Crippen LogP contribution in [0.1, 0.15) is 39.6 Å². The number of halogens is 1. The van der Waals surface area contributed by atoms with E-state index in [0.29, 0.717) is 22.9 Å². The summed E-state index contributed by atoms with van der Waals surface area (Å²) in [5.41, 5.74) is 6.87. The topological polar surface area (TPSA) is 53.2 Å². The summed E-state index contributed by atoms with van der Waals surface area (Å²) >= 11 is 6.15. The Bertz CT molecular complexity index is 1440. The van der Waals surface area contributed by atoms with Gasteiger partial charge < -0.3 is 4.98 Å². The third kappa shape index (κ3) is 3.36. The third-order valence-corrected chi connectivity index (χ3v) is 8.81. The number of aryl methyl sites for hydroxylation is 3. The number of rotatable bonds is 3. The van der Waals surface area contributed by atoms with E-state index in [0.717, 1.165) is 38.9 Å². The summed E-state index contributed by atoms with van der Waals surface area (Å²) in [5.74, 6) is 0. The molecule has 0 radical (unpaired) electrons. The molecule has 0 fully saturated rings. The Morgan fingerprint density at radius 3 is 2.38 bits per heavy atom. The Kier molecular flexibility index (Phi) is 5.16. The van der Waals surface area contributed by atoms with Crippen molar-refractivity contribution in [2.75, 3.05) is 6.54 Å². The van der Waals surface area contributed by atoms with Crippen LogP contribution in [0.2, 0.25) is 5.02 Å². The summed E-state index contributed by atoms with van der Waals surface area (Å²) < 4.78 is 29.7. The molecule has 1 aliphatic rings. The molecule has 0 saturated carbocycles. The molecule has 164 valence electrons. The summed E-state index contributed by atoms with van der Waals surface area (Å²) in [6, 6.07) is 18.9. The van der Waals surface area contributed by atoms with Crippen molar-refractivity contribution in [3.63, 3.8) is 0 Å². The third-order valence-electron chi connectivity index (χ3n) is 6.55. The van der Waals surface area contributed by atoms with Crippen molar-refractivity contribution in [2.45, 2.75) is 38.1 Å². The van der Waals surface area contributed by atoms with Crippen molar-refractivity contribution in [3.05, 3.63) is 99.2 Å². The van der Waals surface area contributed by atoms with Crippen LogP contribution in [0, 0.1) is 20.8 Å². The van der Waals surface area contributed by atoms with Crippen LogP contribution < -0.4 is 0 Å². The SMILES string of the molecule is Cc1cc(C)c(S(=O)(=O)N2CCc3c([nH]c4ccccc34)[C@H]2c2ccc(Cl)cc2)cc1C. The summed E-state index contributed by atoms with van der Waals surface area (Å²) in [4.78, 5) is 3.90. The Morgan fingerprint density at radius 1 is 0.938 bits per heavy atom. The fraction of sp³-hybridized carbons (Fsp3) is 0.231. The highest BCUT2D eigenvalue weighted by molar-refractivity contribution is 7.89. The van der Waals surface area contributed by atoms with Crippen molar-refractivity contribution in [2.24, 2.45) is 0 Å². The Balaban J connectivity index is 1.72. The number of aromatic amines is 1. The normalized spacial score (nSPS) is 16.9. The largest absolute Gasteiger partial charge is 0.357 e. The molecule has 4 nitrogen and oxygen atoms in total. The standard InChI is InChI=1S/C26H25ClN2O2S/c1-16-14-18(3)24(15-17(16)2)32(30,31)29-13-12-22-21-6-4-5-7-23(21)28-25(22)26(29)19-8-10-20(27)11-9-19/h4-11,14-15,26,28H,12-13H2,1-3H3/t26-/m1/s1. The maximum Gasteiger partial charge on any atom is 0.244 e. The predicted molar refractivity (Wildman–Crippen MR) is 130 cm³/mol. The lowest BCUT2D eigenvalue weighted by molar-refractivity contribution is 0.340. The molecular weight excluding hydrogens is 440 g/mol. The maximum atomic E-state index is 14.0. The van der Waals surface area contributed by atoms with Crippen molar-refractivity contribution in [1.82, 2.24) is 9.29 Å². The number of H-pyrrole nitrogens is 1. The minimum Gasteiger partial charge on any atom is -0.357 e. The van der Waals surface area contributed by atoms with Crippen LogP contribution in [0.3, 0.4) is 0 Å². The molecule has 1 aliphatic heterocycles. The van der Waals surface area contributed by atoms with Gasteiger partial charge in [0.05, 0.1) is 10.9 Å². The first-order valence-corrected chi connectivity index (χ1v) is 12.5. The Labute approximate surface area is 193 Å². The Morgan fingerprint density at radius 2 is 1.62 bits per heavy atom. The van der Waals surface area contributed by atoms with Crippen LogP contribution in [0.15, 0.2) is 65.6 Å². The second kappa shape index (κ2) is 7.77. The minimum atomic E-state index is -3.74. The molecule has 32 heavy (non-hydrogen) atoms. The summed E-state index contributed by atoms with van der Waals surface area (Å²) in [6.07, 6.45) is 0.659. The summed E-state index contributed by atoms with van der Waals surface area (Å²) in [6.45, 7) is 6.25. The second-order valence-corrected chi connectivity index (χ2v) is 10.9. The molecule has 6 heteroatoms. The van der Waals surface area contributed by atoms with E-state index in [1.807, 2.05) is 69.3 Å². The molecule has 5 rings (SSSR count). The van der Waals surface area contributed by atoms with Gasteiger partial charge in [0.25, 0.3) is 0 Å². The van der Waals surface area contributed by atoms with Crippen LogP contribution in [-0.2, 0) is 16.4 Å². The van der Waals surface area contributed by atoms with Gasteiger partial charge in [-0.2, -0.15) is 4.31 Å². The van der Waals surface area contributed by atoms with Gasteiger partial charge in [-0.3, -0.25) is 0 Å². The lowest BCUT2D eigenvalue weighted by Crippen LogP contribution is -2.40. The minimum absolute atomic E-state index is 0.374. The van der Waals surface area contributed by atoms with Crippen LogP contribution in [0.5, 0.6) is 0 Å². The lowest BCUT2D eigenvalue weighted by Gasteiger charge is -2.35. The first kappa shape index (κ1) is 21.3. The zero-order valence-corrected chi connectivity index (χ0v) is 19.9. The first-order chi connectivity index (χ1) is 15.3. The number of benzene rings is 3. The fourth-order valence-electron chi connectivity index (χ4n) is 4.79. The van der Waals surface area contributed by atoms with Gasteiger partial charge in [-0.25, -0.2) is 8.42 Å². The molecule has 0 saturated heterocycles. The zero-order chi connectivity index (χ0) is 22.6. The molecule has 2 heterocycles. The van der Waals surface area contributed by atoms with Crippen LogP contribution in [0.4, 0.5) is 0 Å². The molecule has 3 aromatic carbocycles. The first-order valence-electron chi connectivity index (χ1n) is 10.7. The van der Waals surface area contributed by atoms with Crippen molar-refractivity contribution in [1.29, 1.82) is 0 Å². The molecule has 0 unspecified atom stereocenters. The number of sulfonamides is 1. The molecule has 1 N–H and O–H groups in total. The number of nitrogens with one attached hydrogen (secondary N) is 1. The number of fused-ring (bicyclic) bond motifs is 3. The van der Waals surface area contributed by atoms with E-state index in [1.54, 1.807) is 10.4 Å². The monoisotopic (exact) mass is 464 g/mol. The average Bonchev–Trinajstić information content (AvgIpc) is 3.15. The molecule has 4 aromatic rings. The summed E-state index contributed by atoms with van der Waals surface area (Å²) in [7, 11) is -3.74. The van der Waals surface area contributed by atoms with Crippen LogP contribution in [-0.4, -0.2) is 24.3 Å². The zero-order valence-electron chi connectivity index (χ0n) is 18.3. The number of hydrogen-bond acceptors (Lipinski definition) is 2. The predicted octanol–water partition coefficient (Wildman–Crippen LogP) is 6.08. The van der Waals surface area contributed by atoms with Crippen molar-refractivity contribution in [3.8, 4) is 0 Å². The number of aromatic nitrogens is 1. The van der Waals surface area contributed by atoms with Gasteiger partial charge in [0.2, 0.25) is 10.0 Å². The van der Waals surface area contributed by atoms with E-state index in [4.69, 9.17) is 11.6 Å². The molecule has 1 atom stereocenters. The van der Waals surface area contributed by atoms with E-state index in [9.17, 15) is 8.42 Å². The quantitative estimate of drug-likeness (QED) is 0.399. The number of para-hydroxylation sites is 1. The van der Waals surface area contributed by atoms with E-state index in [1.165, 1.54) is 5.56 Å². The van der Waals surface area contributed by atoms with Crippen molar-refractivity contribution < 1.29 is 8.42 Å². The van der Waals surface area contributed by atoms with Gasteiger partial charge in [0.1, 0.15) is 0 Å². The van der Waals surface area contributed by atoms with E-state index in [-0.39, 0.29) is 0 Å². The smallest absolute Gasteiger partial charge is 0.244 e. The molecule has 0 amide bonds. The van der Waals surface area contributed by atoms with E-state index < -0.39 is 16.1 Å². The summed E-state index contributed by atoms with van der Waals surface area (Å²) in [5, 5.41) is 1.78. The highest BCUT2D eigenvalue weighted by atomic mass is 35.5. The molecule has 1 aromatic heterocycles. The highest BCUT2D eigenvalue weighted by Gasteiger charge is 2.39. The molecule has 0 bridgehead atoms. The van der Waals surface area contributed by atoms with Gasteiger partial charge in [0.15, 0.2) is 0 Å². The molecule has 0 spiro atoms. The fourth-order valence-corrected chi connectivity index (χ4v) is 6.80. The van der Waals surface area contributed by atoms with Crippen LogP contribution in [0.25, 0.3) is 10.9 Å². The van der Waals surface area contributed by atoms with E-state index in [2.05, 4.69) is 11.1 Å². The van der Waals surface area contributed by atoms with E-state index >= 15 is 0 Å². The number of nitrogens with zero attached hydrogens (tertiary/aromatic N) is 1. The molecule has 0 aliphatic carbocycles. The Hall–Kier alpha value is -2.60. The lowest BCUT2D eigenvalue weighted by atomic mass is 9.94.